The fraction of sp³-hybridized carbons (Fsp3) is 0.0222. The predicted octanol–water partition coefficient (Wildman–Crippen LogP) is 10.4. The monoisotopic (exact) mass is 642 g/mol. The van der Waals surface area contributed by atoms with Gasteiger partial charge in [-0.25, -0.2) is 15.0 Å². The number of fused-ring (bicyclic) bond motifs is 2. The molecule has 0 spiro atoms. The summed E-state index contributed by atoms with van der Waals surface area (Å²) in [6, 6.07) is 60.5. The third kappa shape index (κ3) is 5.04. The molecule has 5 nitrogen and oxygen atoms in total. The van der Waals surface area contributed by atoms with Crippen molar-refractivity contribution in [2.45, 2.75) is 5.41 Å². The van der Waals surface area contributed by atoms with Crippen LogP contribution in [-0.2, 0) is 5.41 Å². The Bertz CT molecular complexity index is 2360. The molecule has 9 rings (SSSR count). The second-order valence-corrected chi connectivity index (χ2v) is 12.3. The maximum Gasteiger partial charge on any atom is 0.182 e. The van der Waals surface area contributed by atoms with Gasteiger partial charge in [-0.1, -0.05) is 140 Å². The Morgan fingerprint density at radius 2 is 0.900 bits per heavy atom. The maximum atomic E-state index is 6.51. The molecule has 0 aliphatic carbocycles. The summed E-state index contributed by atoms with van der Waals surface area (Å²) in [6.07, 6.45) is 1.76. The van der Waals surface area contributed by atoms with Gasteiger partial charge in [0, 0.05) is 28.5 Å². The molecule has 1 aliphatic rings. The van der Waals surface area contributed by atoms with E-state index >= 15 is 0 Å². The van der Waals surface area contributed by atoms with E-state index in [0.29, 0.717) is 23.2 Å². The lowest BCUT2D eigenvalue weighted by Gasteiger charge is -2.41. The number of nitrogens with zero attached hydrogens (tertiary/aromatic N) is 4. The van der Waals surface area contributed by atoms with Crippen molar-refractivity contribution in [3.63, 3.8) is 0 Å². The van der Waals surface area contributed by atoms with Gasteiger partial charge in [-0.15, -0.1) is 0 Å². The summed E-state index contributed by atoms with van der Waals surface area (Å²) < 4.78 is 6.51. The van der Waals surface area contributed by atoms with Crippen molar-refractivity contribution in [1.29, 1.82) is 0 Å². The smallest absolute Gasteiger partial charge is 0.182 e. The molecule has 50 heavy (non-hydrogen) atoms. The molecule has 8 aromatic rings. The van der Waals surface area contributed by atoms with E-state index in [1.54, 1.807) is 6.20 Å². The summed E-state index contributed by atoms with van der Waals surface area (Å²) in [5.41, 5.74) is 8.59. The standard InChI is InChI=1S/C45H30N4O/c1-3-15-31(16-4-1)42-47-43(49-44(48-42)39-25-11-12-28-46-39)34-19-13-17-32(29-34)33-18-14-22-36(30-33)45(35-20-5-2-6-21-35)37-23-7-9-26-40(37)50-41-27-10-8-24-38(41)45/h1-30H. The third-order valence-electron chi connectivity index (χ3n) is 9.32. The van der Waals surface area contributed by atoms with Crippen molar-refractivity contribution >= 4 is 0 Å². The van der Waals surface area contributed by atoms with Crippen molar-refractivity contribution < 1.29 is 4.74 Å². The Morgan fingerprint density at radius 1 is 0.380 bits per heavy atom. The summed E-state index contributed by atoms with van der Waals surface area (Å²) >= 11 is 0. The molecule has 0 saturated heterocycles. The number of pyridine rings is 1. The lowest BCUT2D eigenvalue weighted by Crippen LogP contribution is -2.34. The highest BCUT2D eigenvalue weighted by atomic mass is 16.5. The molecule has 6 aromatic carbocycles. The molecule has 5 heteroatoms. The molecule has 0 N–H and O–H groups in total. The van der Waals surface area contributed by atoms with Crippen molar-refractivity contribution in [3.8, 4) is 56.9 Å². The number of hydrogen-bond donors (Lipinski definition) is 0. The first-order chi connectivity index (χ1) is 24.8. The Kier molecular flexibility index (Phi) is 7.29. The lowest BCUT2D eigenvalue weighted by molar-refractivity contribution is 0.434. The summed E-state index contributed by atoms with van der Waals surface area (Å²) in [6.45, 7) is 0. The van der Waals surface area contributed by atoms with Crippen molar-refractivity contribution in [2.75, 3.05) is 0 Å². The van der Waals surface area contributed by atoms with Crippen molar-refractivity contribution in [1.82, 2.24) is 19.9 Å². The van der Waals surface area contributed by atoms with Crippen LogP contribution in [0.15, 0.2) is 182 Å². The lowest BCUT2D eigenvalue weighted by atomic mass is 9.63. The molecule has 0 radical (unpaired) electrons. The van der Waals surface area contributed by atoms with Gasteiger partial charge in [-0.05, 0) is 58.7 Å². The molecule has 1 aliphatic heterocycles. The van der Waals surface area contributed by atoms with Crippen LogP contribution in [0.2, 0.25) is 0 Å². The number of aromatic nitrogens is 4. The van der Waals surface area contributed by atoms with Crippen molar-refractivity contribution in [2.24, 2.45) is 0 Å². The summed E-state index contributed by atoms with van der Waals surface area (Å²) in [4.78, 5) is 19.3. The van der Waals surface area contributed by atoms with E-state index in [-0.39, 0.29) is 0 Å². The minimum atomic E-state index is -0.600. The molecule has 0 fully saturated rings. The Hall–Kier alpha value is -6.72. The van der Waals surface area contributed by atoms with Crippen LogP contribution in [0, 0.1) is 0 Å². The van der Waals surface area contributed by atoms with Crippen molar-refractivity contribution in [3.05, 3.63) is 204 Å². The van der Waals surface area contributed by atoms with E-state index in [9.17, 15) is 0 Å². The first-order valence-electron chi connectivity index (χ1n) is 16.6. The first-order valence-corrected chi connectivity index (χ1v) is 16.6. The second kappa shape index (κ2) is 12.4. The summed E-state index contributed by atoms with van der Waals surface area (Å²) in [7, 11) is 0. The fourth-order valence-electron chi connectivity index (χ4n) is 7.07. The van der Waals surface area contributed by atoms with Crippen LogP contribution >= 0.6 is 0 Å². The zero-order chi connectivity index (χ0) is 33.3. The average Bonchev–Trinajstić information content (AvgIpc) is 3.21. The normalized spacial score (nSPS) is 12.7. The number of rotatable bonds is 6. The van der Waals surface area contributed by atoms with Gasteiger partial charge in [-0.3, -0.25) is 4.98 Å². The van der Waals surface area contributed by atoms with Gasteiger partial charge in [0.2, 0.25) is 0 Å². The predicted molar refractivity (Wildman–Crippen MR) is 198 cm³/mol. The highest BCUT2D eigenvalue weighted by Gasteiger charge is 2.45. The Balaban J connectivity index is 1.21. The van der Waals surface area contributed by atoms with Crippen LogP contribution in [0.5, 0.6) is 11.5 Å². The minimum Gasteiger partial charge on any atom is -0.457 e. The van der Waals surface area contributed by atoms with E-state index in [0.717, 1.165) is 50.4 Å². The zero-order valence-corrected chi connectivity index (χ0v) is 27.0. The summed E-state index contributed by atoms with van der Waals surface area (Å²) in [5.74, 6) is 3.43. The van der Waals surface area contributed by atoms with Gasteiger partial charge in [0.25, 0.3) is 0 Å². The van der Waals surface area contributed by atoms with Crippen LogP contribution in [0.25, 0.3) is 45.4 Å². The maximum absolute atomic E-state index is 6.51. The molecule has 2 aromatic heterocycles. The van der Waals surface area contributed by atoms with Gasteiger partial charge >= 0.3 is 0 Å². The number of ether oxygens (including phenoxy) is 1. The molecule has 3 heterocycles. The summed E-state index contributed by atoms with van der Waals surface area (Å²) in [5, 5.41) is 0. The number of hydrogen-bond acceptors (Lipinski definition) is 5. The average molecular weight is 643 g/mol. The van der Waals surface area contributed by atoms with E-state index in [4.69, 9.17) is 19.7 Å². The largest absolute Gasteiger partial charge is 0.457 e. The molecule has 236 valence electrons. The molecular weight excluding hydrogens is 613 g/mol. The Labute approximate surface area is 290 Å². The number of benzene rings is 6. The topological polar surface area (TPSA) is 60.8 Å². The van der Waals surface area contributed by atoms with Gasteiger partial charge in [-0.2, -0.15) is 0 Å². The van der Waals surface area contributed by atoms with Crippen LogP contribution in [0.1, 0.15) is 22.3 Å². The molecule has 0 amide bonds. The quantitative estimate of drug-likeness (QED) is 0.181. The van der Waals surface area contributed by atoms with Crippen LogP contribution in [0.4, 0.5) is 0 Å². The SMILES string of the molecule is c1ccc(-c2nc(-c3cccc(-c4cccc(C5(c6ccccc6)c6ccccc6Oc6ccccc65)c4)c3)nc(-c3ccccn3)n2)cc1. The van der Waals surface area contributed by atoms with Gasteiger partial charge < -0.3 is 4.74 Å². The minimum absolute atomic E-state index is 0.531. The van der Waals surface area contributed by atoms with Crippen LogP contribution in [-0.4, -0.2) is 19.9 Å². The number of para-hydroxylation sites is 2. The molecule has 0 saturated carbocycles. The molecule has 0 bridgehead atoms. The molecule has 0 atom stereocenters. The zero-order valence-electron chi connectivity index (χ0n) is 27.0. The van der Waals surface area contributed by atoms with Gasteiger partial charge in [0.15, 0.2) is 17.5 Å². The molecular formula is C45H30N4O. The fourth-order valence-corrected chi connectivity index (χ4v) is 7.07. The third-order valence-corrected chi connectivity index (χ3v) is 9.32. The second-order valence-electron chi connectivity index (χ2n) is 12.3. The van der Waals surface area contributed by atoms with Crippen LogP contribution < -0.4 is 4.74 Å². The first kappa shape index (κ1) is 29.4. The molecule has 0 unspecified atom stereocenters. The van der Waals surface area contributed by atoms with E-state index in [1.165, 1.54) is 5.56 Å². The van der Waals surface area contributed by atoms with Gasteiger partial charge in [0.1, 0.15) is 17.2 Å². The highest BCUT2D eigenvalue weighted by Crippen LogP contribution is 2.55. The Morgan fingerprint density at radius 3 is 1.60 bits per heavy atom. The van der Waals surface area contributed by atoms with Crippen LogP contribution in [0.3, 0.4) is 0 Å². The van der Waals surface area contributed by atoms with E-state index < -0.39 is 5.41 Å². The van der Waals surface area contributed by atoms with E-state index in [2.05, 4.69) is 120 Å². The van der Waals surface area contributed by atoms with Gasteiger partial charge in [0.05, 0.1) is 5.41 Å². The highest BCUT2D eigenvalue weighted by molar-refractivity contribution is 5.75. The van der Waals surface area contributed by atoms with E-state index in [1.807, 2.05) is 60.7 Å².